The summed E-state index contributed by atoms with van der Waals surface area (Å²) in [5.41, 5.74) is -0.423. The van der Waals surface area contributed by atoms with Crippen LogP contribution in [0.1, 0.15) is 63.5 Å². The molecule has 1 atom stereocenters. The molecule has 3 rings (SSSR count). The number of cyclic esters (lactones) is 1. The molecule has 144 valence electrons. The molecule has 4 nitrogen and oxygen atoms in total. The van der Waals surface area contributed by atoms with E-state index in [1.54, 1.807) is 19.9 Å². The van der Waals surface area contributed by atoms with Crippen molar-refractivity contribution >= 4 is 5.97 Å². The molecule has 0 amide bonds. The van der Waals surface area contributed by atoms with E-state index in [9.17, 15) is 19.6 Å². The normalized spacial score (nSPS) is 23.6. The summed E-state index contributed by atoms with van der Waals surface area (Å²) in [6, 6.07) is 7.09. The standard InChI is InChI=1S/C22H26FNO3/c1-21(2,14-24)18-8-7-15(11-19(18)23)9-10-22(16-5-3-4-6-16)13-17(25)12-20(26)27-22/h7-8,11-12,16,25H,3-6,9-10,13H2,1-2H3. The zero-order chi connectivity index (χ0) is 19.7. The van der Waals surface area contributed by atoms with Gasteiger partial charge in [0.1, 0.15) is 17.2 Å². The van der Waals surface area contributed by atoms with Crippen molar-refractivity contribution in [3.05, 3.63) is 47.0 Å². The minimum Gasteiger partial charge on any atom is -0.512 e. The van der Waals surface area contributed by atoms with Crippen LogP contribution in [0.15, 0.2) is 30.0 Å². The number of aliphatic hydroxyl groups excluding tert-OH is 1. The van der Waals surface area contributed by atoms with Crippen molar-refractivity contribution in [1.29, 1.82) is 5.26 Å². The zero-order valence-corrected chi connectivity index (χ0v) is 15.9. The molecule has 1 aliphatic heterocycles. The number of aryl methyl sites for hydroxylation is 1. The van der Waals surface area contributed by atoms with Crippen molar-refractivity contribution in [2.24, 2.45) is 5.92 Å². The molecule has 0 radical (unpaired) electrons. The van der Waals surface area contributed by atoms with Gasteiger partial charge in [-0.25, -0.2) is 9.18 Å². The molecule has 5 heteroatoms. The van der Waals surface area contributed by atoms with Gasteiger partial charge in [0.2, 0.25) is 0 Å². The molecule has 2 aliphatic rings. The summed E-state index contributed by atoms with van der Waals surface area (Å²) in [4.78, 5) is 12.0. The van der Waals surface area contributed by atoms with E-state index >= 15 is 0 Å². The Kier molecular flexibility index (Phi) is 5.28. The fraction of sp³-hybridized carbons (Fsp3) is 0.545. The van der Waals surface area contributed by atoms with Crippen molar-refractivity contribution in [2.75, 3.05) is 0 Å². The first kappa shape index (κ1) is 19.4. The molecule has 1 aliphatic carbocycles. The number of halogens is 1. The van der Waals surface area contributed by atoms with E-state index in [0.717, 1.165) is 37.3 Å². The zero-order valence-electron chi connectivity index (χ0n) is 15.9. The van der Waals surface area contributed by atoms with E-state index in [4.69, 9.17) is 4.74 Å². The van der Waals surface area contributed by atoms with Crippen LogP contribution >= 0.6 is 0 Å². The number of ether oxygens (including phenoxy) is 1. The second kappa shape index (κ2) is 7.34. The van der Waals surface area contributed by atoms with Crippen LogP contribution in [-0.4, -0.2) is 16.7 Å². The lowest BCUT2D eigenvalue weighted by Gasteiger charge is -2.40. The number of rotatable bonds is 5. The lowest BCUT2D eigenvalue weighted by atomic mass is 9.77. The molecular formula is C22H26FNO3. The minimum absolute atomic E-state index is 0.0652. The van der Waals surface area contributed by atoms with Crippen molar-refractivity contribution in [3.8, 4) is 6.07 Å². The van der Waals surface area contributed by atoms with Gasteiger partial charge in [-0.15, -0.1) is 0 Å². The summed E-state index contributed by atoms with van der Waals surface area (Å²) in [7, 11) is 0. The van der Waals surface area contributed by atoms with Crippen LogP contribution in [0.4, 0.5) is 4.39 Å². The van der Waals surface area contributed by atoms with Gasteiger partial charge >= 0.3 is 5.97 Å². The number of carbonyl (C=O) groups excluding carboxylic acids is 1. The predicted molar refractivity (Wildman–Crippen MR) is 99.5 cm³/mol. The average Bonchev–Trinajstić information content (AvgIpc) is 3.14. The minimum atomic E-state index is -0.886. The summed E-state index contributed by atoms with van der Waals surface area (Å²) < 4.78 is 20.3. The Morgan fingerprint density at radius 3 is 2.67 bits per heavy atom. The van der Waals surface area contributed by atoms with Gasteiger partial charge in [-0.3, -0.25) is 0 Å². The van der Waals surface area contributed by atoms with Gasteiger partial charge in [0, 0.05) is 12.0 Å². The molecule has 1 N–H and O–H groups in total. The summed E-state index contributed by atoms with van der Waals surface area (Å²) in [6.45, 7) is 3.38. The highest BCUT2D eigenvalue weighted by molar-refractivity contribution is 5.83. The SMILES string of the molecule is CC(C)(C#N)c1ccc(CCC2(C3CCCC3)CC(O)=CC(=O)O2)cc1F. The molecule has 0 bridgehead atoms. The van der Waals surface area contributed by atoms with Gasteiger partial charge in [-0.05, 0) is 57.1 Å². The molecule has 1 saturated carbocycles. The van der Waals surface area contributed by atoms with Gasteiger partial charge in [0.25, 0.3) is 0 Å². The number of esters is 1. The van der Waals surface area contributed by atoms with Crippen LogP contribution in [0.3, 0.4) is 0 Å². The number of hydrogen-bond acceptors (Lipinski definition) is 4. The highest BCUT2D eigenvalue weighted by Crippen LogP contribution is 2.44. The monoisotopic (exact) mass is 371 g/mol. The van der Waals surface area contributed by atoms with Crippen molar-refractivity contribution in [2.45, 2.75) is 69.8 Å². The number of aliphatic hydroxyl groups is 1. The summed E-state index contributed by atoms with van der Waals surface area (Å²) in [6.07, 6.45) is 6.70. The molecule has 1 fully saturated rings. The molecule has 0 aromatic heterocycles. The number of benzene rings is 1. The molecule has 0 saturated heterocycles. The van der Waals surface area contributed by atoms with E-state index in [-0.39, 0.29) is 11.7 Å². The maximum atomic E-state index is 14.5. The van der Waals surface area contributed by atoms with Gasteiger partial charge < -0.3 is 9.84 Å². The Balaban J connectivity index is 1.80. The van der Waals surface area contributed by atoms with E-state index in [0.29, 0.717) is 24.8 Å². The van der Waals surface area contributed by atoms with E-state index in [2.05, 4.69) is 6.07 Å². The lowest BCUT2D eigenvalue weighted by Crippen LogP contribution is -2.44. The second-order valence-electron chi connectivity index (χ2n) is 8.33. The fourth-order valence-corrected chi connectivity index (χ4v) is 4.42. The van der Waals surface area contributed by atoms with Crippen molar-refractivity contribution in [3.63, 3.8) is 0 Å². The van der Waals surface area contributed by atoms with Crippen LogP contribution in [0, 0.1) is 23.1 Å². The molecular weight excluding hydrogens is 345 g/mol. The smallest absolute Gasteiger partial charge is 0.334 e. The third kappa shape index (κ3) is 4.00. The maximum Gasteiger partial charge on any atom is 0.334 e. The highest BCUT2D eigenvalue weighted by Gasteiger charge is 2.45. The number of hydrogen-bond donors (Lipinski definition) is 1. The van der Waals surface area contributed by atoms with Crippen LogP contribution in [0.5, 0.6) is 0 Å². The Morgan fingerprint density at radius 1 is 1.37 bits per heavy atom. The molecule has 1 aromatic carbocycles. The summed E-state index contributed by atoms with van der Waals surface area (Å²) >= 11 is 0. The van der Waals surface area contributed by atoms with Crippen LogP contribution in [-0.2, 0) is 21.4 Å². The lowest BCUT2D eigenvalue weighted by molar-refractivity contribution is -0.165. The van der Waals surface area contributed by atoms with Crippen molar-refractivity contribution < 1.29 is 19.0 Å². The van der Waals surface area contributed by atoms with E-state index in [1.165, 1.54) is 6.07 Å². The predicted octanol–water partition coefficient (Wildman–Crippen LogP) is 4.88. The first-order valence-electron chi connectivity index (χ1n) is 9.58. The first-order valence-corrected chi connectivity index (χ1v) is 9.58. The summed E-state index contributed by atoms with van der Waals surface area (Å²) in [5, 5.41) is 19.3. The molecule has 1 heterocycles. The Hall–Kier alpha value is -2.35. The third-order valence-corrected chi connectivity index (χ3v) is 5.99. The van der Waals surface area contributed by atoms with Gasteiger partial charge in [-0.2, -0.15) is 5.26 Å². The van der Waals surface area contributed by atoms with Gasteiger partial charge in [0.15, 0.2) is 0 Å². The fourth-order valence-electron chi connectivity index (χ4n) is 4.42. The first-order chi connectivity index (χ1) is 12.8. The van der Waals surface area contributed by atoms with E-state index in [1.807, 2.05) is 6.07 Å². The summed E-state index contributed by atoms with van der Waals surface area (Å²) in [5.74, 6) is -0.602. The Labute approximate surface area is 159 Å². The van der Waals surface area contributed by atoms with Crippen LogP contribution in [0.25, 0.3) is 0 Å². The number of nitriles is 1. The Morgan fingerprint density at radius 2 is 2.07 bits per heavy atom. The van der Waals surface area contributed by atoms with Crippen LogP contribution < -0.4 is 0 Å². The highest BCUT2D eigenvalue weighted by atomic mass is 19.1. The quantitative estimate of drug-likeness (QED) is 0.749. The van der Waals surface area contributed by atoms with Crippen LogP contribution in [0.2, 0.25) is 0 Å². The average molecular weight is 371 g/mol. The van der Waals surface area contributed by atoms with Crippen molar-refractivity contribution in [1.82, 2.24) is 0 Å². The maximum absolute atomic E-state index is 14.5. The molecule has 1 unspecified atom stereocenters. The third-order valence-electron chi connectivity index (χ3n) is 5.99. The Bertz CT molecular complexity index is 802. The van der Waals surface area contributed by atoms with E-state index < -0.39 is 22.8 Å². The largest absolute Gasteiger partial charge is 0.512 e. The molecule has 1 aromatic rings. The number of carbonyl (C=O) groups is 1. The molecule has 27 heavy (non-hydrogen) atoms. The van der Waals surface area contributed by atoms with Gasteiger partial charge in [-0.1, -0.05) is 25.0 Å². The number of nitrogens with zero attached hydrogens (tertiary/aromatic N) is 1. The molecule has 0 spiro atoms. The topological polar surface area (TPSA) is 70.3 Å². The van der Waals surface area contributed by atoms with Gasteiger partial charge in [0.05, 0.1) is 17.6 Å². The second-order valence-corrected chi connectivity index (χ2v) is 8.33.